The Morgan fingerprint density at radius 3 is 2.65 bits per heavy atom. The number of rotatable bonds is 8. The number of aliphatic hydroxyl groups is 2. The first-order valence-corrected chi connectivity index (χ1v) is 6.54. The van der Waals surface area contributed by atoms with Crippen molar-refractivity contribution in [3.05, 3.63) is 18.0 Å². The maximum absolute atomic E-state index is 9.74. The van der Waals surface area contributed by atoms with Gasteiger partial charge in [0.2, 0.25) is 0 Å². The van der Waals surface area contributed by atoms with Crippen molar-refractivity contribution >= 4 is 0 Å². The molecular formula is C13H24N2O2. The van der Waals surface area contributed by atoms with Gasteiger partial charge in [-0.2, -0.15) is 5.10 Å². The first kappa shape index (κ1) is 14.2. The minimum Gasteiger partial charge on any atom is -0.396 e. The Hall–Kier alpha value is -0.870. The molecule has 0 amide bonds. The van der Waals surface area contributed by atoms with Crippen LogP contribution in [0.25, 0.3) is 0 Å². The van der Waals surface area contributed by atoms with Crippen LogP contribution in [0.15, 0.2) is 12.3 Å². The quantitative estimate of drug-likeness (QED) is 0.730. The maximum Gasteiger partial charge on any atom is 0.0650 e. The van der Waals surface area contributed by atoms with Crippen molar-refractivity contribution in [2.45, 2.75) is 58.1 Å². The molecule has 0 aromatic carbocycles. The minimum absolute atomic E-state index is 0.138. The lowest BCUT2D eigenvalue weighted by Crippen LogP contribution is -2.13. The van der Waals surface area contributed by atoms with Crippen LogP contribution in [0.5, 0.6) is 0 Å². The summed E-state index contributed by atoms with van der Waals surface area (Å²) < 4.78 is 1.99. The highest BCUT2D eigenvalue weighted by molar-refractivity contribution is 5.01. The second kappa shape index (κ2) is 7.45. The SMILES string of the molecule is CCC(CC)n1ccc(CC(O)CCCO)n1. The molecule has 1 rings (SSSR count). The molecule has 0 radical (unpaired) electrons. The molecule has 0 saturated carbocycles. The lowest BCUT2D eigenvalue weighted by molar-refractivity contribution is 0.148. The summed E-state index contributed by atoms with van der Waals surface area (Å²) >= 11 is 0. The lowest BCUT2D eigenvalue weighted by Gasteiger charge is -2.12. The Bertz CT molecular complexity index is 308. The van der Waals surface area contributed by atoms with Crippen LogP contribution >= 0.6 is 0 Å². The lowest BCUT2D eigenvalue weighted by atomic mass is 10.1. The minimum atomic E-state index is -0.396. The van der Waals surface area contributed by atoms with Crippen LogP contribution in [-0.4, -0.2) is 32.7 Å². The normalized spacial score (nSPS) is 13.2. The molecule has 98 valence electrons. The highest BCUT2D eigenvalue weighted by atomic mass is 16.3. The smallest absolute Gasteiger partial charge is 0.0650 e. The van der Waals surface area contributed by atoms with Gasteiger partial charge in [-0.15, -0.1) is 0 Å². The van der Waals surface area contributed by atoms with E-state index in [1.807, 2.05) is 16.9 Å². The van der Waals surface area contributed by atoms with E-state index in [1.165, 1.54) is 0 Å². The van der Waals surface area contributed by atoms with Gasteiger partial charge in [0.25, 0.3) is 0 Å². The van der Waals surface area contributed by atoms with Crippen LogP contribution in [0.2, 0.25) is 0 Å². The van der Waals surface area contributed by atoms with Gasteiger partial charge in [0.05, 0.1) is 17.8 Å². The molecule has 1 unspecified atom stereocenters. The number of aliphatic hydroxyl groups excluding tert-OH is 2. The summed E-state index contributed by atoms with van der Waals surface area (Å²) in [5, 5.41) is 22.9. The van der Waals surface area contributed by atoms with Crippen molar-refractivity contribution in [2.24, 2.45) is 0 Å². The standard InChI is InChI=1S/C13H24N2O2/c1-3-12(4-2)15-8-7-11(14-15)10-13(17)6-5-9-16/h7-8,12-13,16-17H,3-6,9-10H2,1-2H3. The molecule has 0 bridgehead atoms. The number of nitrogens with zero attached hydrogens (tertiary/aromatic N) is 2. The van der Waals surface area contributed by atoms with E-state index in [9.17, 15) is 5.11 Å². The Balaban J connectivity index is 2.50. The van der Waals surface area contributed by atoms with Gasteiger partial charge in [-0.25, -0.2) is 0 Å². The third-order valence-corrected chi connectivity index (χ3v) is 3.12. The van der Waals surface area contributed by atoms with Crippen LogP contribution in [0.1, 0.15) is 51.3 Å². The molecule has 1 heterocycles. The Morgan fingerprint density at radius 2 is 2.06 bits per heavy atom. The van der Waals surface area contributed by atoms with E-state index in [2.05, 4.69) is 18.9 Å². The maximum atomic E-state index is 9.74. The fourth-order valence-corrected chi connectivity index (χ4v) is 2.02. The summed E-state index contributed by atoms with van der Waals surface area (Å²) in [6.07, 6.45) is 5.60. The summed E-state index contributed by atoms with van der Waals surface area (Å²) in [6, 6.07) is 2.43. The number of aromatic nitrogens is 2. The van der Waals surface area contributed by atoms with Crippen LogP contribution in [0.4, 0.5) is 0 Å². The second-order valence-corrected chi connectivity index (χ2v) is 4.48. The molecule has 4 nitrogen and oxygen atoms in total. The van der Waals surface area contributed by atoms with Gasteiger partial charge in [-0.3, -0.25) is 4.68 Å². The molecule has 0 aliphatic carbocycles. The zero-order valence-corrected chi connectivity index (χ0v) is 10.8. The van der Waals surface area contributed by atoms with E-state index < -0.39 is 6.10 Å². The summed E-state index contributed by atoms with van der Waals surface area (Å²) in [6.45, 7) is 4.45. The Kier molecular flexibility index (Phi) is 6.22. The highest BCUT2D eigenvalue weighted by Crippen LogP contribution is 2.15. The van der Waals surface area contributed by atoms with Gasteiger partial charge < -0.3 is 10.2 Å². The molecule has 1 aromatic heterocycles. The van der Waals surface area contributed by atoms with Gasteiger partial charge in [0.15, 0.2) is 0 Å². The summed E-state index contributed by atoms with van der Waals surface area (Å²) in [7, 11) is 0. The molecule has 0 aliphatic rings. The summed E-state index contributed by atoms with van der Waals surface area (Å²) in [4.78, 5) is 0. The monoisotopic (exact) mass is 240 g/mol. The van der Waals surface area contributed by atoms with Gasteiger partial charge in [0, 0.05) is 19.2 Å². The van der Waals surface area contributed by atoms with Crippen molar-refractivity contribution in [3.63, 3.8) is 0 Å². The van der Waals surface area contributed by atoms with Crippen molar-refractivity contribution in [3.8, 4) is 0 Å². The molecule has 0 spiro atoms. The first-order valence-electron chi connectivity index (χ1n) is 6.54. The van der Waals surface area contributed by atoms with E-state index in [-0.39, 0.29) is 6.61 Å². The topological polar surface area (TPSA) is 58.3 Å². The van der Waals surface area contributed by atoms with Crippen molar-refractivity contribution < 1.29 is 10.2 Å². The van der Waals surface area contributed by atoms with Gasteiger partial charge in [-0.05, 0) is 31.7 Å². The third kappa shape index (κ3) is 4.48. The van der Waals surface area contributed by atoms with Gasteiger partial charge in [0.1, 0.15) is 0 Å². The van der Waals surface area contributed by atoms with Crippen LogP contribution in [-0.2, 0) is 6.42 Å². The molecule has 0 fully saturated rings. The average molecular weight is 240 g/mol. The van der Waals surface area contributed by atoms with E-state index in [4.69, 9.17) is 5.11 Å². The zero-order chi connectivity index (χ0) is 12.7. The molecule has 0 saturated heterocycles. The van der Waals surface area contributed by atoms with Crippen LogP contribution < -0.4 is 0 Å². The zero-order valence-electron chi connectivity index (χ0n) is 10.8. The first-order chi connectivity index (χ1) is 8.21. The van der Waals surface area contributed by atoms with E-state index in [1.54, 1.807) is 0 Å². The molecule has 1 atom stereocenters. The Labute approximate surface area is 103 Å². The molecular weight excluding hydrogens is 216 g/mol. The van der Waals surface area contributed by atoms with Crippen molar-refractivity contribution in [2.75, 3.05) is 6.61 Å². The van der Waals surface area contributed by atoms with Crippen LogP contribution in [0, 0.1) is 0 Å². The number of hydrogen-bond donors (Lipinski definition) is 2. The fraction of sp³-hybridized carbons (Fsp3) is 0.769. The molecule has 17 heavy (non-hydrogen) atoms. The third-order valence-electron chi connectivity index (χ3n) is 3.12. The van der Waals surface area contributed by atoms with E-state index >= 15 is 0 Å². The van der Waals surface area contributed by atoms with Crippen molar-refractivity contribution in [1.29, 1.82) is 0 Å². The highest BCUT2D eigenvalue weighted by Gasteiger charge is 2.11. The van der Waals surface area contributed by atoms with Gasteiger partial charge >= 0.3 is 0 Å². The predicted molar refractivity (Wildman–Crippen MR) is 67.9 cm³/mol. The van der Waals surface area contributed by atoms with E-state index in [0.717, 1.165) is 18.5 Å². The molecule has 1 aromatic rings. The average Bonchev–Trinajstić information content (AvgIpc) is 2.76. The number of hydrogen-bond acceptors (Lipinski definition) is 3. The van der Waals surface area contributed by atoms with Gasteiger partial charge in [-0.1, -0.05) is 13.8 Å². The molecule has 0 aliphatic heterocycles. The van der Waals surface area contributed by atoms with Crippen LogP contribution in [0.3, 0.4) is 0 Å². The Morgan fingerprint density at radius 1 is 1.35 bits per heavy atom. The second-order valence-electron chi connectivity index (χ2n) is 4.48. The molecule has 4 heteroatoms. The van der Waals surface area contributed by atoms with E-state index in [0.29, 0.717) is 25.3 Å². The summed E-state index contributed by atoms with van der Waals surface area (Å²) in [5.74, 6) is 0. The fourth-order valence-electron chi connectivity index (χ4n) is 2.02. The predicted octanol–water partition coefficient (Wildman–Crippen LogP) is 1.92. The molecule has 2 N–H and O–H groups in total. The van der Waals surface area contributed by atoms with Crippen molar-refractivity contribution in [1.82, 2.24) is 9.78 Å². The largest absolute Gasteiger partial charge is 0.396 e. The summed E-state index contributed by atoms with van der Waals surface area (Å²) in [5.41, 5.74) is 0.933.